The highest BCUT2D eigenvalue weighted by Crippen LogP contribution is 2.11. The van der Waals surface area contributed by atoms with Crippen LogP contribution in [0.4, 0.5) is 5.69 Å². The van der Waals surface area contributed by atoms with Crippen molar-refractivity contribution in [2.24, 2.45) is 0 Å². The van der Waals surface area contributed by atoms with Crippen LogP contribution in [0.5, 0.6) is 0 Å². The first kappa shape index (κ1) is 14.9. The Balaban J connectivity index is 1.80. The molecule has 6 nitrogen and oxygen atoms in total. The van der Waals surface area contributed by atoms with E-state index in [1.807, 2.05) is 31.2 Å². The molecule has 0 atom stereocenters. The number of benzene rings is 2. The highest BCUT2D eigenvalue weighted by molar-refractivity contribution is 5.90. The lowest BCUT2D eigenvalue weighted by molar-refractivity contribution is -0.117. The zero-order valence-electron chi connectivity index (χ0n) is 12.7. The van der Waals surface area contributed by atoms with Gasteiger partial charge in [-0.1, -0.05) is 36.4 Å². The van der Waals surface area contributed by atoms with E-state index in [0.717, 1.165) is 16.7 Å². The van der Waals surface area contributed by atoms with E-state index < -0.39 is 0 Å². The molecule has 0 unspecified atom stereocenters. The van der Waals surface area contributed by atoms with Gasteiger partial charge in [0.05, 0.1) is 5.39 Å². The average Bonchev–Trinajstić information content (AvgIpc) is 2.58. The lowest BCUT2D eigenvalue weighted by atomic mass is 10.1. The maximum atomic E-state index is 12.3. The van der Waals surface area contributed by atoms with E-state index in [1.54, 1.807) is 24.3 Å². The van der Waals surface area contributed by atoms with Gasteiger partial charge in [0.2, 0.25) is 5.91 Å². The molecular formula is C17H16N4O2. The van der Waals surface area contributed by atoms with Crippen LogP contribution in [0, 0.1) is 0 Å². The van der Waals surface area contributed by atoms with Gasteiger partial charge in [0.1, 0.15) is 12.1 Å². The van der Waals surface area contributed by atoms with E-state index in [0.29, 0.717) is 16.6 Å². The van der Waals surface area contributed by atoms with Crippen molar-refractivity contribution >= 4 is 22.5 Å². The summed E-state index contributed by atoms with van der Waals surface area (Å²) in [5, 5.41) is 11.0. The summed E-state index contributed by atoms with van der Waals surface area (Å²) in [6.45, 7) is 1.87. The molecule has 0 aliphatic heterocycles. The number of carbonyl (C=O) groups excluding carboxylic acids is 1. The number of amides is 1. The second-order valence-electron chi connectivity index (χ2n) is 5.17. The molecule has 0 saturated heterocycles. The van der Waals surface area contributed by atoms with Crippen LogP contribution in [-0.2, 0) is 17.8 Å². The number of fused-ring (bicyclic) bond motifs is 1. The molecule has 2 aromatic carbocycles. The average molecular weight is 308 g/mol. The van der Waals surface area contributed by atoms with Crippen molar-refractivity contribution in [3.8, 4) is 0 Å². The number of anilines is 1. The van der Waals surface area contributed by atoms with Gasteiger partial charge in [0.15, 0.2) is 0 Å². The quantitative estimate of drug-likeness (QED) is 0.799. The Labute approximate surface area is 132 Å². The largest absolute Gasteiger partial charge is 0.324 e. The normalized spacial score (nSPS) is 10.7. The molecule has 0 aliphatic rings. The van der Waals surface area contributed by atoms with E-state index in [9.17, 15) is 9.59 Å². The third-order valence-electron chi connectivity index (χ3n) is 3.54. The number of rotatable bonds is 4. The van der Waals surface area contributed by atoms with E-state index in [-0.39, 0.29) is 18.0 Å². The molecule has 6 heteroatoms. The van der Waals surface area contributed by atoms with Crippen molar-refractivity contribution in [3.05, 3.63) is 64.4 Å². The monoisotopic (exact) mass is 308 g/mol. The van der Waals surface area contributed by atoms with Crippen molar-refractivity contribution in [3.63, 3.8) is 0 Å². The SMILES string of the molecule is CCc1cccc(NC(=O)Cn2nnc3ccccc3c2=O)c1. The first-order valence-electron chi connectivity index (χ1n) is 7.38. The zero-order chi connectivity index (χ0) is 16.2. The Morgan fingerprint density at radius 2 is 2.00 bits per heavy atom. The third-order valence-corrected chi connectivity index (χ3v) is 3.54. The predicted octanol–water partition coefficient (Wildman–Crippen LogP) is 1.99. The highest BCUT2D eigenvalue weighted by atomic mass is 16.2. The van der Waals surface area contributed by atoms with Gasteiger partial charge in [-0.15, -0.1) is 5.10 Å². The molecule has 1 N–H and O–H groups in total. The molecule has 0 radical (unpaired) electrons. The molecule has 3 rings (SSSR count). The van der Waals surface area contributed by atoms with E-state index in [2.05, 4.69) is 15.6 Å². The maximum absolute atomic E-state index is 12.3. The molecule has 1 amide bonds. The molecular weight excluding hydrogens is 292 g/mol. The van der Waals surface area contributed by atoms with Crippen molar-refractivity contribution in [2.75, 3.05) is 5.32 Å². The molecule has 1 heterocycles. The Bertz CT molecular complexity index is 918. The Morgan fingerprint density at radius 3 is 2.83 bits per heavy atom. The van der Waals surface area contributed by atoms with Crippen molar-refractivity contribution in [2.45, 2.75) is 19.9 Å². The highest BCUT2D eigenvalue weighted by Gasteiger charge is 2.09. The second-order valence-corrected chi connectivity index (χ2v) is 5.17. The summed E-state index contributed by atoms with van der Waals surface area (Å²) in [6, 6.07) is 14.5. The predicted molar refractivity (Wildman–Crippen MR) is 88.2 cm³/mol. The van der Waals surface area contributed by atoms with Gasteiger partial charge in [0.25, 0.3) is 5.56 Å². The fraction of sp³-hybridized carbons (Fsp3) is 0.176. The van der Waals surface area contributed by atoms with Crippen LogP contribution in [0.2, 0.25) is 0 Å². The lowest BCUT2D eigenvalue weighted by Crippen LogP contribution is -2.30. The van der Waals surface area contributed by atoms with Crippen LogP contribution in [0.25, 0.3) is 10.9 Å². The first-order valence-corrected chi connectivity index (χ1v) is 7.38. The fourth-order valence-corrected chi connectivity index (χ4v) is 2.33. The lowest BCUT2D eigenvalue weighted by Gasteiger charge is -2.08. The minimum Gasteiger partial charge on any atom is -0.324 e. The number of carbonyl (C=O) groups is 1. The maximum Gasteiger partial charge on any atom is 0.278 e. The third kappa shape index (κ3) is 3.26. The molecule has 0 spiro atoms. The molecule has 0 saturated carbocycles. The smallest absolute Gasteiger partial charge is 0.278 e. The molecule has 23 heavy (non-hydrogen) atoms. The van der Waals surface area contributed by atoms with Gasteiger partial charge < -0.3 is 5.32 Å². The molecule has 0 fully saturated rings. The molecule has 3 aromatic rings. The van der Waals surface area contributed by atoms with E-state index >= 15 is 0 Å². The van der Waals surface area contributed by atoms with Crippen LogP contribution in [0.15, 0.2) is 53.3 Å². The number of aromatic nitrogens is 3. The molecule has 1 aromatic heterocycles. The number of nitrogens with one attached hydrogen (secondary N) is 1. The van der Waals surface area contributed by atoms with E-state index in [1.165, 1.54) is 0 Å². The standard InChI is InChI=1S/C17H16N4O2/c1-2-12-6-5-7-13(10-12)18-16(22)11-21-17(23)14-8-3-4-9-15(14)19-20-21/h3-10H,2,11H2,1H3,(H,18,22). The minimum absolute atomic E-state index is 0.174. The Morgan fingerprint density at radius 1 is 1.17 bits per heavy atom. The van der Waals surface area contributed by atoms with Gasteiger partial charge in [0, 0.05) is 5.69 Å². The number of hydrogen-bond donors (Lipinski definition) is 1. The van der Waals surface area contributed by atoms with Crippen LogP contribution in [-0.4, -0.2) is 20.9 Å². The number of hydrogen-bond acceptors (Lipinski definition) is 4. The van der Waals surface area contributed by atoms with Gasteiger partial charge in [-0.05, 0) is 36.2 Å². The summed E-state index contributed by atoms with van der Waals surface area (Å²) in [4.78, 5) is 24.4. The zero-order valence-corrected chi connectivity index (χ0v) is 12.7. The first-order chi connectivity index (χ1) is 11.2. The van der Waals surface area contributed by atoms with Crippen LogP contribution >= 0.6 is 0 Å². The second kappa shape index (κ2) is 6.39. The van der Waals surface area contributed by atoms with Crippen molar-refractivity contribution < 1.29 is 4.79 Å². The van der Waals surface area contributed by atoms with Crippen LogP contribution < -0.4 is 10.9 Å². The molecule has 0 bridgehead atoms. The molecule has 0 aliphatic carbocycles. The van der Waals surface area contributed by atoms with Crippen molar-refractivity contribution in [1.29, 1.82) is 0 Å². The summed E-state index contributed by atoms with van der Waals surface area (Å²) in [5.41, 5.74) is 2.03. The van der Waals surface area contributed by atoms with Crippen LogP contribution in [0.1, 0.15) is 12.5 Å². The van der Waals surface area contributed by atoms with Gasteiger partial charge in [-0.25, -0.2) is 4.68 Å². The fourth-order valence-electron chi connectivity index (χ4n) is 2.33. The topological polar surface area (TPSA) is 76.9 Å². The van der Waals surface area contributed by atoms with E-state index in [4.69, 9.17) is 0 Å². The summed E-state index contributed by atoms with van der Waals surface area (Å²) in [6.07, 6.45) is 0.888. The van der Waals surface area contributed by atoms with Gasteiger partial charge >= 0.3 is 0 Å². The summed E-state index contributed by atoms with van der Waals surface area (Å²) in [7, 11) is 0. The van der Waals surface area contributed by atoms with Gasteiger partial charge in [-0.3, -0.25) is 9.59 Å². The Hall–Kier alpha value is -3.02. The molecule has 116 valence electrons. The number of nitrogens with zero attached hydrogens (tertiary/aromatic N) is 3. The summed E-state index contributed by atoms with van der Waals surface area (Å²) in [5.74, 6) is -0.315. The Kier molecular flexibility index (Phi) is 4.14. The minimum atomic E-state index is -0.326. The summed E-state index contributed by atoms with van der Waals surface area (Å²) < 4.78 is 1.07. The van der Waals surface area contributed by atoms with Gasteiger partial charge in [-0.2, -0.15) is 0 Å². The summed E-state index contributed by atoms with van der Waals surface area (Å²) >= 11 is 0. The van der Waals surface area contributed by atoms with Crippen molar-refractivity contribution in [1.82, 2.24) is 15.0 Å². The van der Waals surface area contributed by atoms with Crippen LogP contribution in [0.3, 0.4) is 0 Å². The number of aryl methyl sites for hydroxylation is 1.